The zero-order valence-electron chi connectivity index (χ0n) is 18.3. The topological polar surface area (TPSA) is 152 Å². The van der Waals surface area contributed by atoms with E-state index in [2.05, 4.69) is 35.6 Å². The molecule has 0 spiro atoms. The van der Waals surface area contributed by atoms with Crippen LogP contribution in [0.15, 0.2) is 52.6 Å². The third kappa shape index (κ3) is 4.16. The van der Waals surface area contributed by atoms with Crippen LogP contribution in [0.3, 0.4) is 0 Å². The first-order valence-electron chi connectivity index (χ1n) is 11.0. The Hall–Kier alpha value is -4.74. The van der Waals surface area contributed by atoms with Gasteiger partial charge in [-0.15, -0.1) is 0 Å². The molecule has 1 fully saturated rings. The zero-order chi connectivity index (χ0) is 23.9. The van der Waals surface area contributed by atoms with Crippen molar-refractivity contribution >= 4 is 17.5 Å². The van der Waals surface area contributed by atoms with Gasteiger partial charge >= 0.3 is 5.69 Å². The van der Waals surface area contributed by atoms with Crippen molar-refractivity contribution in [1.29, 1.82) is 0 Å². The van der Waals surface area contributed by atoms with E-state index in [0.29, 0.717) is 28.7 Å². The molecule has 35 heavy (non-hydrogen) atoms. The van der Waals surface area contributed by atoms with Gasteiger partial charge in [0.2, 0.25) is 5.88 Å². The van der Waals surface area contributed by atoms with Crippen LogP contribution < -0.4 is 21.7 Å². The largest absolute Gasteiger partial charge is 0.493 e. The number of nitrogens with one attached hydrogen (secondary N) is 4. The Morgan fingerprint density at radius 3 is 2.89 bits per heavy atom. The molecule has 0 unspecified atom stereocenters. The van der Waals surface area contributed by atoms with E-state index in [-0.39, 0.29) is 23.4 Å². The summed E-state index contributed by atoms with van der Waals surface area (Å²) in [5.74, 6) is -0.0829. The molecule has 0 radical (unpaired) electrons. The highest BCUT2D eigenvalue weighted by molar-refractivity contribution is 5.66. The van der Waals surface area contributed by atoms with Crippen LogP contribution in [0.4, 0.5) is 10.2 Å². The van der Waals surface area contributed by atoms with Crippen LogP contribution in [0.25, 0.3) is 22.9 Å². The number of anilines is 1. The molecule has 5 aromatic rings. The molecular weight excluding hydrogens is 453 g/mol. The average molecular weight is 473 g/mol. The molecule has 1 aliphatic rings. The fourth-order valence-corrected chi connectivity index (χ4v) is 3.86. The molecule has 1 aromatic carbocycles. The van der Waals surface area contributed by atoms with Crippen molar-refractivity contribution in [2.45, 2.75) is 25.4 Å². The van der Waals surface area contributed by atoms with Crippen molar-refractivity contribution in [3.8, 4) is 17.0 Å². The Morgan fingerprint density at radius 1 is 1.26 bits per heavy atom. The molecule has 12 heteroatoms. The van der Waals surface area contributed by atoms with Crippen LogP contribution >= 0.6 is 0 Å². The van der Waals surface area contributed by atoms with Crippen molar-refractivity contribution in [2.24, 2.45) is 4.99 Å². The fraction of sp³-hybridized carbons (Fsp3) is 0.174. The first kappa shape index (κ1) is 20.8. The quantitative estimate of drug-likeness (QED) is 0.250. The van der Waals surface area contributed by atoms with Gasteiger partial charge < -0.3 is 15.4 Å². The van der Waals surface area contributed by atoms with Crippen molar-refractivity contribution in [3.05, 3.63) is 81.1 Å². The summed E-state index contributed by atoms with van der Waals surface area (Å²) in [7, 11) is 0. The van der Waals surface area contributed by atoms with E-state index < -0.39 is 5.69 Å². The summed E-state index contributed by atoms with van der Waals surface area (Å²) in [6.07, 6.45) is 8.64. The SMILES string of the molecule is O=c1[nH]c(O)c(/C=c2/cnn3c(=NC4CC4)cc(NCc4cc(F)ccc4-c4cn[nH]c4)nc23)[nH]1. The molecular formula is C23H20FN9O2. The van der Waals surface area contributed by atoms with Gasteiger partial charge in [0.1, 0.15) is 17.3 Å². The smallest absolute Gasteiger partial charge is 0.326 e. The van der Waals surface area contributed by atoms with E-state index in [4.69, 9.17) is 4.99 Å². The van der Waals surface area contributed by atoms with Crippen LogP contribution in [0.2, 0.25) is 0 Å². The van der Waals surface area contributed by atoms with E-state index in [0.717, 1.165) is 29.5 Å². The molecule has 1 saturated carbocycles. The zero-order valence-corrected chi connectivity index (χ0v) is 18.3. The Morgan fingerprint density at radius 2 is 2.14 bits per heavy atom. The maximum atomic E-state index is 14.0. The number of nitrogens with zero attached hydrogens (tertiary/aromatic N) is 5. The van der Waals surface area contributed by atoms with Gasteiger partial charge in [-0.05, 0) is 42.2 Å². The van der Waals surface area contributed by atoms with Crippen molar-refractivity contribution in [2.75, 3.05) is 5.32 Å². The highest BCUT2D eigenvalue weighted by Gasteiger charge is 2.20. The second-order valence-electron chi connectivity index (χ2n) is 8.32. The normalized spacial score (nSPS) is 14.8. The van der Waals surface area contributed by atoms with E-state index in [1.165, 1.54) is 12.1 Å². The fourth-order valence-electron chi connectivity index (χ4n) is 3.86. The number of fused-ring (bicyclic) bond motifs is 1. The van der Waals surface area contributed by atoms with Crippen molar-refractivity contribution < 1.29 is 9.50 Å². The summed E-state index contributed by atoms with van der Waals surface area (Å²) in [5, 5.41) is 25.0. The standard InChI is InChI=1S/C23H20FN9O2/c24-15-1-4-17(14-9-26-27-10-14)12(5-15)8-25-19-7-20(29-16-2-3-16)33-21(31-19)13(11-28-33)6-18-22(34)32-23(35)30-18/h1,4-7,9-11,16,25,34H,2-3,8H2,(H,26,27)(H2,30,32,35)/b13-6-,29-20?. The van der Waals surface area contributed by atoms with Gasteiger partial charge in [-0.1, -0.05) is 6.07 Å². The van der Waals surface area contributed by atoms with Gasteiger partial charge in [0, 0.05) is 29.6 Å². The minimum Gasteiger partial charge on any atom is -0.493 e. The summed E-state index contributed by atoms with van der Waals surface area (Å²) in [4.78, 5) is 25.8. The molecule has 6 rings (SSSR count). The van der Waals surface area contributed by atoms with Crippen molar-refractivity contribution in [3.63, 3.8) is 0 Å². The van der Waals surface area contributed by atoms with E-state index in [9.17, 15) is 14.3 Å². The first-order valence-corrected chi connectivity index (χ1v) is 11.0. The van der Waals surface area contributed by atoms with E-state index in [1.54, 1.807) is 41.3 Å². The second-order valence-corrected chi connectivity index (χ2v) is 8.32. The van der Waals surface area contributed by atoms with Gasteiger partial charge in [-0.25, -0.2) is 14.2 Å². The highest BCUT2D eigenvalue weighted by Crippen LogP contribution is 2.25. The number of aromatic nitrogens is 7. The Labute approximate surface area is 196 Å². The second kappa shape index (κ2) is 8.24. The van der Waals surface area contributed by atoms with Crippen LogP contribution in [0.1, 0.15) is 24.1 Å². The van der Waals surface area contributed by atoms with Crippen LogP contribution in [0, 0.1) is 5.82 Å². The van der Waals surface area contributed by atoms with Crippen molar-refractivity contribution in [1.82, 2.24) is 34.8 Å². The van der Waals surface area contributed by atoms with Crippen LogP contribution in [0.5, 0.6) is 5.88 Å². The molecule has 1 aliphatic carbocycles. The maximum absolute atomic E-state index is 14.0. The lowest BCUT2D eigenvalue weighted by atomic mass is 10.0. The number of halogens is 1. The molecule has 4 aromatic heterocycles. The van der Waals surface area contributed by atoms with Gasteiger partial charge in [0.25, 0.3) is 0 Å². The number of H-pyrrole nitrogens is 3. The summed E-state index contributed by atoms with van der Waals surface area (Å²) in [6.45, 7) is 0.309. The van der Waals surface area contributed by atoms with Crippen LogP contribution in [-0.2, 0) is 6.54 Å². The molecule has 0 saturated heterocycles. The number of aromatic amines is 3. The lowest BCUT2D eigenvalue weighted by Gasteiger charge is -2.11. The minimum atomic E-state index is -0.520. The molecule has 5 N–H and O–H groups in total. The lowest BCUT2D eigenvalue weighted by molar-refractivity contribution is 0.454. The summed E-state index contributed by atoms with van der Waals surface area (Å²) >= 11 is 0. The summed E-state index contributed by atoms with van der Waals surface area (Å²) in [5.41, 5.74) is 3.25. The monoisotopic (exact) mass is 473 g/mol. The molecule has 4 heterocycles. The first-order chi connectivity index (χ1) is 17.0. The van der Waals surface area contributed by atoms with Crippen LogP contribution in [-0.4, -0.2) is 45.9 Å². The van der Waals surface area contributed by atoms with E-state index in [1.807, 2.05) is 0 Å². The maximum Gasteiger partial charge on any atom is 0.326 e. The number of imidazole rings is 1. The number of rotatable bonds is 6. The number of aromatic hydroxyl groups is 1. The molecule has 0 aliphatic heterocycles. The van der Waals surface area contributed by atoms with Gasteiger partial charge in [-0.3, -0.25) is 15.1 Å². The molecule has 0 atom stereocenters. The van der Waals surface area contributed by atoms with Gasteiger partial charge in [0.15, 0.2) is 11.1 Å². The highest BCUT2D eigenvalue weighted by atomic mass is 19.1. The molecule has 11 nitrogen and oxygen atoms in total. The average Bonchev–Trinajstić information content (AvgIpc) is 3.19. The molecule has 0 amide bonds. The predicted molar refractivity (Wildman–Crippen MR) is 125 cm³/mol. The number of hydrogen-bond acceptors (Lipinski definition) is 7. The van der Waals surface area contributed by atoms with E-state index >= 15 is 0 Å². The number of hydrogen-bond donors (Lipinski definition) is 5. The molecule has 176 valence electrons. The van der Waals surface area contributed by atoms with Gasteiger partial charge in [-0.2, -0.15) is 14.7 Å². The third-order valence-corrected chi connectivity index (χ3v) is 5.71. The molecule has 0 bridgehead atoms. The Balaban J connectivity index is 1.42. The third-order valence-electron chi connectivity index (χ3n) is 5.71. The Kier molecular flexibility index (Phi) is 4.90. The minimum absolute atomic E-state index is 0.218. The van der Waals surface area contributed by atoms with Gasteiger partial charge in [0.05, 0.1) is 18.4 Å². The summed E-state index contributed by atoms with van der Waals surface area (Å²) < 4.78 is 15.7. The summed E-state index contributed by atoms with van der Waals surface area (Å²) in [6, 6.07) is 6.65. The predicted octanol–water partition coefficient (Wildman–Crippen LogP) is 1.20. The lowest BCUT2D eigenvalue weighted by Crippen LogP contribution is -2.20. The number of benzene rings is 1. The Bertz CT molecular complexity index is 1710.